The number of piperazine rings is 1. The minimum absolute atomic E-state index is 0.0422. The molecule has 1 aromatic carbocycles. The fourth-order valence-electron chi connectivity index (χ4n) is 2.85. The highest BCUT2D eigenvalue weighted by Crippen LogP contribution is 2.27. The second-order valence-electron chi connectivity index (χ2n) is 5.87. The molecule has 132 valence electrons. The fraction of sp³-hybridized carbons (Fsp3) is 0.389. The van der Waals surface area contributed by atoms with E-state index in [1.54, 1.807) is 36.1 Å². The summed E-state index contributed by atoms with van der Waals surface area (Å²) in [6.45, 7) is 3.70. The SMILES string of the molecule is COc1ccc2nccc(OCC(=O)N3CCN(C(C)=O)CC3)c2c1. The summed E-state index contributed by atoms with van der Waals surface area (Å²) >= 11 is 0. The summed E-state index contributed by atoms with van der Waals surface area (Å²) < 4.78 is 11.0. The van der Waals surface area contributed by atoms with Crippen molar-refractivity contribution in [3.8, 4) is 11.5 Å². The molecule has 0 bridgehead atoms. The Bertz CT molecular complexity index is 785. The highest BCUT2D eigenvalue weighted by atomic mass is 16.5. The van der Waals surface area contributed by atoms with Crippen LogP contribution < -0.4 is 9.47 Å². The van der Waals surface area contributed by atoms with E-state index in [1.807, 2.05) is 18.2 Å². The molecule has 0 saturated carbocycles. The van der Waals surface area contributed by atoms with Crippen LogP contribution in [0.25, 0.3) is 10.9 Å². The lowest BCUT2D eigenvalue weighted by atomic mass is 10.2. The van der Waals surface area contributed by atoms with E-state index < -0.39 is 0 Å². The number of ether oxygens (including phenoxy) is 2. The number of carbonyl (C=O) groups is 2. The van der Waals surface area contributed by atoms with Gasteiger partial charge in [-0.25, -0.2) is 0 Å². The number of aromatic nitrogens is 1. The van der Waals surface area contributed by atoms with Crippen LogP contribution in [0.15, 0.2) is 30.5 Å². The molecule has 0 atom stereocenters. The quantitative estimate of drug-likeness (QED) is 0.837. The molecule has 2 aromatic rings. The maximum absolute atomic E-state index is 12.4. The van der Waals surface area contributed by atoms with E-state index in [-0.39, 0.29) is 18.4 Å². The number of amides is 2. The second kappa shape index (κ2) is 7.38. The third-order valence-electron chi connectivity index (χ3n) is 4.34. The first-order chi connectivity index (χ1) is 12.1. The van der Waals surface area contributed by atoms with E-state index in [1.165, 1.54) is 0 Å². The zero-order valence-electron chi connectivity index (χ0n) is 14.4. The van der Waals surface area contributed by atoms with Crippen LogP contribution in [-0.4, -0.2) is 66.5 Å². The molecule has 7 heteroatoms. The molecule has 0 aliphatic carbocycles. The van der Waals surface area contributed by atoms with Gasteiger partial charge in [-0.1, -0.05) is 0 Å². The third-order valence-corrected chi connectivity index (χ3v) is 4.34. The van der Waals surface area contributed by atoms with Crippen molar-refractivity contribution in [3.63, 3.8) is 0 Å². The van der Waals surface area contributed by atoms with Gasteiger partial charge in [-0.15, -0.1) is 0 Å². The minimum atomic E-state index is -0.0870. The van der Waals surface area contributed by atoms with Crippen molar-refractivity contribution in [2.45, 2.75) is 6.92 Å². The molecule has 1 saturated heterocycles. The first kappa shape index (κ1) is 17.0. The summed E-state index contributed by atoms with van der Waals surface area (Å²) in [5, 5.41) is 0.802. The van der Waals surface area contributed by atoms with Crippen molar-refractivity contribution < 1.29 is 19.1 Å². The lowest BCUT2D eigenvalue weighted by molar-refractivity contribution is -0.139. The van der Waals surface area contributed by atoms with Crippen LogP contribution in [0.1, 0.15) is 6.92 Å². The molecule has 3 rings (SSSR count). The lowest BCUT2D eigenvalue weighted by Gasteiger charge is -2.34. The van der Waals surface area contributed by atoms with Crippen LogP contribution in [0, 0.1) is 0 Å². The smallest absolute Gasteiger partial charge is 0.260 e. The summed E-state index contributed by atoms with van der Waals surface area (Å²) in [5.74, 6) is 1.26. The molecule has 2 amide bonds. The van der Waals surface area contributed by atoms with Crippen molar-refractivity contribution in [3.05, 3.63) is 30.5 Å². The standard InChI is InChI=1S/C18H21N3O4/c1-13(22)20-7-9-21(10-8-20)18(23)12-25-17-5-6-19-16-4-3-14(24-2)11-15(16)17/h3-6,11H,7-10,12H2,1-2H3. The van der Waals surface area contributed by atoms with Gasteiger partial charge in [0.05, 0.1) is 12.6 Å². The molecule has 1 aliphatic rings. The Kier molecular flexibility index (Phi) is 5.02. The molecule has 0 radical (unpaired) electrons. The van der Waals surface area contributed by atoms with Gasteiger partial charge in [0.15, 0.2) is 6.61 Å². The topological polar surface area (TPSA) is 72.0 Å². The predicted molar refractivity (Wildman–Crippen MR) is 92.6 cm³/mol. The number of hydrogen-bond donors (Lipinski definition) is 0. The largest absolute Gasteiger partial charge is 0.497 e. The van der Waals surface area contributed by atoms with Gasteiger partial charge in [-0.2, -0.15) is 0 Å². The molecule has 0 spiro atoms. The van der Waals surface area contributed by atoms with Crippen LogP contribution in [0.5, 0.6) is 11.5 Å². The normalized spacial score (nSPS) is 14.5. The van der Waals surface area contributed by atoms with Crippen molar-refractivity contribution in [1.82, 2.24) is 14.8 Å². The number of nitrogens with zero attached hydrogens (tertiary/aromatic N) is 3. The monoisotopic (exact) mass is 343 g/mol. The minimum Gasteiger partial charge on any atom is -0.497 e. The zero-order chi connectivity index (χ0) is 17.8. The van der Waals surface area contributed by atoms with E-state index in [9.17, 15) is 9.59 Å². The third kappa shape index (κ3) is 3.81. The van der Waals surface area contributed by atoms with Gasteiger partial charge in [0.1, 0.15) is 11.5 Å². The summed E-state index contributed by atoms with van der Waals surface area (Å²) in [4.78, 5) is 31.5. The van der Waals surface area contributed by atoms with Gasteiger partial charge in [0.2, 0.25) is 5.91 Å². The summed E-state index contributed by atoms with van der Waals surface area (Å²) in [5.41, 5.74) is 0.779. The number of fused-ring (bicyclic) bond motifs is 1. The summed E-state index contributed by atoms with van der Waals surface area (Å²) in [6.07, 6.45) is 1.65. The van der Waals surface area contributed by atoms with Crippen LogP contribution >= 0.6 is 0 Å². The second-order valence-corrected chi connectivity index (χ2v) is 5.87. The first-order valence-corrected chi connectivity index (χ1v) is 8.17. The van der Waals surface area contributed by atoms with Crippen molar-refractivity contribution >= 4 is 22.7 Å². The van der Waals surface area contributed by atoms with Gasteiger partial charge in [-0.05, 0) is 24.3 Å². The molecule has 1 aliphatic heterocycles. The van der Waals surface area contributed by atoms with Gasteiger partial charge >= 0.3 is 0 Å². The lowest BCUT2D eigenvalue weighted by Crippen LogP contribution is -2.51. The maximum Gasteiger partial charge on any atom is 0.260 e. The Labute approximate surface area is 146 Å². The van der Waals surface area contributed by atoms with Gasteiger partial charge in [0, 0.05) is 44.7 Å². The number of hydrogen-bond acceptors (Lipinski definition) is 5. The summed E-state index contributed by atoms with van der Waals surface area (Å²) in [7, 11) is 1.60. The van der Waals surface area contributed by atoms with Crippen LogP contribution in [-0.2, 0) is 9.59 Å². The highest BCUT2D eigenvalue weighted by Gasteiger charge is 2.22. The number of pyridine rings is 1. The van der Waals surface area contributed by atoms with Gasteiger partial charge in [-0.3, -0.25) is 14.6 Å². The van der Waals surface area contributed by atoms with Crippen LogP contribution in [0.2, 0.25) is 0 Å². The summed E-state index contributed by atoms with van der Waals surface area (Å²) in [6, 6.07) is 7.26. The van der Waals surface area contributed by atoms with Crippen molar-refractivity contribution in [2.75, 3.05) is 39.9 Å². The Morgan fingerprint density at radius 3 is 2.52 bits per heavy atom. The number of rotatable bonds is 4. The molecule has 25 heavy (non-hydrogen) atoms. The predicted octanol–water partition coefficient (Wildman–Crippen LogP) is 1.31. The molecular weight excluding hydrogens is 322 g/mol. The average Bonchev–Trinajstić information content (AvgIpc) is 2.65. The maximum atomic E-state index is 12.4. The van der Waals surface area contributed by atoms with Crippen LogP contribution in [0.4, 0.5) is 0 Å². The molecule has 0 N–H and O–H groups in total. The Morgan fingerprint density at radius 2 is 1.84 bits per heavy atom. The van der Waals surface area contributed by atoms with Crippen molar-refractivity contribution in [1.29, 1.82) is 0 Å². The molecule has 7 nitrogen and oxygen atoms in total. The van der Waals surface area contributed by atoms with E-state index in [4.69, 9.17) is 9.47 Å². The zero-order valence-corrected chi connectivity index (χ0v) is 14.4. The van der Waals surface area contributed by atoms with Crippen molar-refractivity contribution in [2.24, 2.45) is 0 Å². The highest BCUT2D eigenvalue weighted by molar-refractivity contribution is 5.87. The Balaban J connectivity index is 1.64. The number of methoxy groups -OCH3 is 1. The van der Waals surface area contributed by atoms with Gasteiger partial charge < -0.3 is 19.3 Å². The molecule has 1 aromatic heterocycles. The van der Waals surface area contributed by atoms with E-state index in [2.05, 4.69) is 4.98 Å². The number of benzene rings is 1. The fourth-order valence-corrected chi connectivity index (χ4v) is 2.85. The molecule has 2 heterocycles. The first-order valence-electron chi connectivity index (χ1n) is 8.17. The molecule has 1 fully saturated rings. The number of carbonyl (C=O) groups excluding carboxylic acids is 2. The van der Waals surface area contributed by atoms with E-state index >= 15 is 0 Å². The van der Waals surface area contributed by atoms with E-state index in [0.717, 1.165) is 10.9 Å². The van der Waals surface area contributed by atoms with E-state index in [0.29, 0.717) is 37.7 Å². The molecule has 0 unspecified atom stereocenters. The molecular formula is C18H21N3O4. The average molecular weight is 343 g/mol. The van der Waals surface area contributed by atoms with Crippen LogP contribution in [0.3, 0.4) is 0 Å². The Hall–Kier alpha value is -2.83. The Morgan fingerprint density at radius 1 is 1.12 bits per heavy atom. The van der Waals surface area contributed by atoms with Gasteiger partial charge in [0.25, 0.3) is 5.91 Å².